The summed E-state index contributed by atoms with van der Waals surface area (Å²) < 4.78 is 0. The van der Waals surface area contributed by atoms with Crippen LogP contribution in [0.3, 0.4) is 0 Å². The maximum Gasteiger partial charge on any atom is 0.237 e. The lowest BCUT2D eigenvalue weighted by molar-refractivity contribution is -0.122. The topological polar surface area (TPSA) is 55.1 Å². The monoisotopic (exact) mass is 168 g/mol. The first-order chi connectivity index (χ1) is 5.61. The van der Waals surface area contributed by atoms with Gasteiger partial charge in [0.1, 0.15) is 0 Å². The van der Waals surface area contributed by atoms with Crippen molar-refractivity contribution in [2.24, 2.45) is 5.73 Å². The van der Waals surface area contributed by atoms with Crippen LogP contribution in [0.25, 0.3) is 0 Å². The first-order valence-electron chi connectivity index (χ1n) is 4.13. The van der Waals surface area contributed by atoms with Crippen LogP contribution in [0.15, 0.2) is 0 Å². The summed E-state index contributed by atoms with van der Waals surface area (Å²) in [4.78, 5) is 11.1. The Balaban J connectivity index is 3.88. The van der Waals surface area contributed by atoms with Crippen LogP contribution in [-0.4, -0.2) is 18.0 Å². The van der Waals surface area contributed by atoms with Gasteiger partial charge in [0.2, 0.25) is 5.91 Å². The van der Waals surface area contributed by atoms with E-state index in [9.17, 15) is 4.79 Å². The molecule has 0 aliphatic carbocycles. The van der Waals surface area contributed by atoms with Gasteiger partial charge in [-0.3, -0.25) is 4.79 Å². The molecule has 2 atom stereocenters. The Morgan fingerprint density at radius 2 is 2.33 bits per heavy atom. The Kier molecular flexibility index (Phi) is 5.14. The minimum Gasteiger partial charge on any atom is -0.341 e. The lowest BCUT2D eigenvalue weighted by atomic mass is 10.1. The minimum atomic E-state index is -0.488. The molecule has 0 rings (SSSR count). The predicted octanol–water partition coefficient (Wildman–Crippen LogP) is 0.252. The van der Waals surface area contributed by atoms with E-state index in [1.165, 1.54) is 0 Å². The van der Waals surface area contributed by atoms with Crippen LogP contribution in [-0.2, 0) is 4.79 Å². The molecule has 1 amide bonds. The zero-order chi connectivity index (χ0) is 9.56. The molecule has 0 aromatic heterocycles. The van der Waals surface area contributed by atoms with Crippen molar-refractivity contribution < 1.29 is 4.79 Å². The molecular weight excluding hydrogens is 152 g/mol. The third-order valence-electron chi connectivity index (χ3n) is 1.51. The highest BCUT2D eigenvalue weighted by atomic mass is 16.2. The molecule has 0 bridgehead atoms. The predicted molar refractivity (Wildman–Crippen MR) is 49.3 cm³/mol. The highest BCUT2D eigenvalue weighted by Crippen LogP contribution is 1.94. The highest BCUT2D eigenvalue weighted by Gasteiger charge is 2.11. The molecule has 0 aromatic rings. The van der Waals surface area contributed by atoms with E-state index in [2.05, 4.69) is 11.2 Å². The van der Waals surface area contributed by atoms with Gasteiger partial charge < -0.3 is 11.1 Å². The van der Waals surface area contributed by atoms with Gasteiger partial charge in [0, 0.05) is 0 Å². The third-order valence-corrected chi connectivity index (χ3v) is 1.51. The van der Waals surface area contributed by atoms with E-state index in [1.54, 1.807) is 6.92 Å². The van der Waals surface area contributed by atoms with E-state index in [4.69, 9.17) is 12.2 Å². The molecule has 0 saturated heterocycles. The molecule has 3 heteroatoms. The fourth-order valence-corrected chi connectivity index (χ4v) is 0.789. The molecule has 12 heavy (non-hydrogen) atoms. The molecule has 0 fully saturated rings. The molecule has 3 N–H and O–H groups in total. The zero-order valence-electron chi connectivity index (χ0n) is 7.63. The molecule has 0 aromatic carbocycles. The van der Waals surface area contributed by atoms with Crippen LogP contribution in [0.4, 0.5) is 0 Å². The van der Waals surface area contributed by atoms with E-state index in [0.717, 1.165) is 12.8 Å². The number of carbonyl (C=O) groups is 1. The van der Waals surface area contributed by atoms with Crippen molar-refractivity contribution in [2.75, 3.05) is 0 Å². The Morgan fingerprint density at radius 3 is 2.67 bits per heavy atom. The van der Waals surface area contributed by atoms with Gasteiger partial charge in [0.15, 0.2) is 0 Å². The largest absolute Gasteiger partial charge is 0.341 e. The number of rotatable bonds is 4. The number of amides is 1. The van der Waals surface area contributed by atoms with Crippen LogP contribution in [0.2, 0.25) is 0 Å². The number of terminal acetylenes is 1. The summed E-state index contributed by atoms with van der Waals surface area (Å²) in [5.41, 5.74) is 5.35. The molecule has 0 radical (unpaired) electrons. The standard InChI is InChI=1S/C9H16N2O/c1-4-6-8(5-2)11-9(12)7(3)10/h2,7-8H,4,6,10H2,1,3H3,(H,11,12). The summed E-state index contributed by atoms with van der Waals surface area (Å²) in [6.07, 6.45) is 6.95. The second kappa shape index (κ2) is 5.62. The summed E-state index contributed by atoms with van der Waals surface area (Å²) in [5, 5.41) is 2.67. The van der Waals surface area contributed by atoms with Crippen molar-refractivity contribution in [3.63, 3.8) is 0 Å². The van der Waals surface area contributed by atoms with E-state index < -0.39 is 6.04 Å². The first kappa shape index (κ1) is 11.0. The lowest BCUT2D eigenvalue weighted by Gasteiger charge is -2.13. The Labute approximate surface area is 73.7 Å². The average Bonchev–Trinajstić information content (AvgIpc) is 2.03. The van der Waals surface area contributed by atoms with Crippen LogP contribution >= 0.6 is 0 Å². The normalized spacial score (nSPS) is 14.5. The first-order valence-corrected chi connectivity index (χ1v) is 4.13. The maximum atomic E-state index is 11.1. The van der Waals surface area contributed by atoms with E-state index in [0.29, 0.717) is 0 Å². The second-order valence-electron chi connectivity index (χ2n) is 2.81. The molecule has 0 spiro atoms. The van der Waals surface area contributed by atoms with Gasteiger partial charge in [-0.15, -0.1) is 6.42 Å². The summed E-state index contributed by atoms with van der Waals surface area (Å²) in [5.74, 6) is 2.31. The molecule has 68 valence electrons. The summed E-state index contributed by atoms with van der Waals surface area (Å²) in [7, 11) is 0. The fourth-order valence-electron chi connectivity index (χ4n) is 0.789. The zero-order valence-corrected chi connectivity index (χ0v) is 7.63. The summed E-state index contributed by atoms with van der Waals surface area (Å²) >= 11 is 0. The average molecular weight is 168 g/mol. The number of hydrogen-bond acceptors (Lipinski definition) is 2. The van der Waals surface area contributed by atoms with Crippen molar-refractivity contribution in [3.05, 3.63) is 0 Å². The Hall–Kier alpha value is -1.01. The van der Waals surface area contributed by atoms with Crippen molar-refractivity contribution in [2.45, 2.75) is 38.8 Å². The lowest BCUT2D eigenvalue weighted by Crippen LogP contribution is -2.43. The van der Waals surface area contributed by atoms with Gasteiger partial charge in [-0.2, -0.15) is 0 Å². The van der Waals surface area contributed by atoms with Crippen LogP contribution in [0, 0.1) is 12.3 Å². The van der Waals surface area contributed by atoms with E-state index in [-0.39, 0.29) is 11.9 Å². The summed E-state index contributed by atoms with van der Waals surface area (Å²) in [6.45, 7) is 3.65. The van der Waals surface area contributed by atoms with Crippen molar-refractivity contribution in [3.8, 4) is 12.3 Å². The number of hydrogen-bond donors (Lipinski definition) is 2. The molecular formula is C9H16N2O. The van der Waals surface area contributed by atoms with Crippen molar-refractivity contribution in [1.29, 1.82) is 0 Å². The second-order valence-corrected chi connectivity index (χ2v) is 2.81. The highest BCUT2D eigenvalue weighted by molar-refractivity contribution is 5.81. The number of nitrogens with one attached hydrogen (secondary N) is 1. The molecule has 0 aliphatic rings. The Morgan fingerprint density at radius 1 is 1.75 bits per heavy atom. The number of carbonyl (C=O) groups excluding carboxylic acids is 1. The quantitative estimate of drug-likeness (QED) is 0.591. The fraction of sp³-hybridized carbons (Fsp3) is 0.667. The maximum absolute atomic E-state index is 11.1. The van der Waals surface area contributed by atoms with Gasteiger partial charge >= 0.3 is 0 Å². The molecule has 0 saturated carbocycles. The van der Waals surface area contributed by atoms with Crippen molar-refractivity contribution >= 4 is 5.91 Å². The molecule has 3 nitrogen and oxygen atoms in total. The molecule has 0 aliphatic heterocycles. The third kappa shape index (κ3) is 3.99. The molecule has 2 unspecified atom stereocenters. The van der Waals surface area contributed by atoms with Gasteiger partial charge in [-0.1, -0.05) is 19.3 Å². The van der Waals surface area contributed by atoms with Crippen LogP contribution < -0.4 is 11.1 Å². The van der Waals surface area contributed by atoms with Crippen molar-refractivity contribution in [1.82, 2.24) is 5.32 Å². The van der Waals surface area contributed by atoms with Gasteiger partial charge in [-0.05, 0) is 13.3 Å². The molecule has 0 heterocycles. The van der Waals surface area contributed by atoms with E-state index in [1.807, 2.05) is 6.92 Å². The smallest absolute Gasteiger partial charge is 0.237 e. The van der Waals surface area contributed by atoms with Gasteiger partial charge in [0.25, 0.3) is 0 Å². The van der Waals surface area contributed by atoms with Gasteiger partial charge in [0.05, 0.1) is 12.1 Å². The number of nitrogens with two attached hydrogens (primary N) is 1. The van der Waals surface area contributed by atoms with Crippen LogP contribution in [0.5, 0.6) is 0 Å². The minimum absolute atomic E-state index is 0.173. The Bertz CT molecular complexity index is 181. The summed E-state index contributed by atoms with van der Waals surface area (Å²) in [6, 6.07) is -0.661. The van der Waals surface area contributed by atoms with Crippen LogP contribution in [0.1, 0.15) is 26.7 Å². The van der Waals surface area contributed by atoms with E-state index >= 15 is 0 Å². The van der Waals surface area contributed by atoms with Gasteiger partial charge in [-0.25, -0.2) is 0 Å². The SMILES string of the molecule is C#CC(CCC)NC(=O)C(C)N.